The molecule has 1 saturated heterocycles. The lowest BCUT2D eigenvalue weighted by Crippen LogP contribution is -2.40. The molecule has 0 spiro atoms. The number of nitrogens with one attached hydrogen (secondary N) is 1. The lowest BCUT2D eigenvalue weighted by molar-refractivity contribution is -0.137. The molecule has 0 aliphatic carbocycles. The molecule has 2 rings (SSSR count). The minimum atomic E-state index is -4.37. The van der Waals surface area contributed by atoms with Crippen LogP contribution in [0.2, 0.25) is 0 Å². The van der Waals surface area contributed by atoms with Crippen LogP contribution < -0.4 is 5.32 Å². The van der Waals surface area contributed by atoms with E-state index in [9.17, 15) is 18.0 Å². The number of carbonyl (C=O) groups excluding carboxylic acids is 1. The van der Waals surface area contributed by atoms with Gasteiger partial charge in [-0.15, -0.1) is 12.4 Å². The number of halogens is 4. The Hall–Kier alpha value is -1.27. The monoisotopic (exact) mass is 350 g/mol. The summed E-state index contributed by atoms with van der Waals surface area (Å²) in [6.45, 7) is 5.28. The van der Waals surface area contributed by atoms with Gasteiger partial charge in [0.15, 0.2) is 0 Å². The highest BCUT2D eigenvalue weighted by molar-refractivity contribution is 5.94. The molecule has 0 atom stereocenters. The van der Waals surface area contributed by atoms with Crippen molar-refractivity contribution in [2.24, 2.45) is 5.92 Å². The molecular weight excluding hydrogens is 329 g/mol. The maximum Gasteiger partial charge on any atom is 0.416 e. The average Bonchev–Trinajstić information content (AvgIpc) is 2.52. The zero-order chi connectivity index (χ0) is 16.2. The third-order valence-electron chi connectivity index (χ3n) is 4.04. The molecule has 0 bridgehead atoms. The van der Waals surface area contributed by atoms with E-state index < -0.39 is 11.7 Å². The van der Waals surface area contributed by atoms with Gasteiger partial charge < -0.3 is 10.2 Å². The van der Waals surface area contributed by atoms with Crippen molar-refractivity contribution in [3.8, 4) is 0 Å². The van der Waals surface area contributed by atoms with Crippen LogP contribution in [0.4, 0.5) is 13.2 Å². The minimum absolute atomic E-state index is 0. The van der Waals surface area contributed by atoms with Crippen molar-refractivity contribution in [1.29, 1.82) is 0 Å². The molecule has 1 N–H and O–H groups in total. The predicted octanol–water partition coefficient (Wildman–Crippen LogP) is 3.59. The summed E-state index contributed by atoms with van der Waals surface area (Å²) in [4.78, 5) is 14.0. The Morgan fingerprint density at radius 3 is 2.26 bits per heavy atom. The van der Waals surface area contributed by atoms with E-state index in [1.54, 1.807) is 4.90 Å². The van der Waals surface area contributed by atoms with E-state index in [1.165, 1.54) is 12.1 Å². The summed E-state index contributed by atoms with van der Waals surface area (Å²) in [5.74, 6) is 0.382. The Labute approximate surface area is 140 Å². The van der Waals surface area contributed by atoms with E-state index >= 15 is 0 Å². The number of hydrogen-bond acceptors (Lipinski definition) is 2. The molecule has 1 fully saturated rings. The van der Waals surface area contributed by atoms with Gasteiger partial charge in [0.25, 0.3) is 5.91 Å². The Morgan fingerprint density at radius 1 is 1.22 bits per heavy atom. The van der Waals surface area contributed by atoms with Gasteiger partial charge in [0, 0.05) is 18.7 Å². The van der Waals surface area contributed by atoms with E-state index in [2.05, 4.69) is 12.2 Å². The second-order valence-corrected chi connectivity index (χ2v) is 5.62. The zero-order valence-electron chi connectivity index (χ0n) is 13.0. The molecule has 1 aliphatic heterocycles. The summed E-state index contributed by atoms with van der Waals surface area (Å²) in [5, 5.41) is 3.30. The van der Waals surface area contributed by atoms with Crippen molar-refractivity contribution in [3.63, 3.8) is 0 Å². The molecule has 0 radical (unpaired) electrons. The molecule has 1 aliphatic rings. The van der Waals surface area contributed by atoms with Crippen LogP contribution in [0, 0.1) is 5.92 Å². The first kappa shape index (κ1) is 19.8. The number of nitrogens with zero attached hydrogens (tertiary/aromatic N) is 1. The van der Waals surface area contributed by atoms with Crippen molar-refractivity contribution >= 4 is 18.3 Å². The number of likely N-dealkylation sites (tertiary alicyclic amines) is 1. The largest absolute Gasteiger partial charge is 0.416 e. The Kier molecular flexibility index (Phi) is 7.35. The number of hydrogen-bond donors (Lipinski definition) is 1. The number of alkyl halides is 3. The third-order valence-corrected chi connectivity index (χ3v) is 4.04. The fourth-order valence-electron chi connectivity index (χ4n) is 2.67. The fourth-order valence-corrected chi connectivity index (χ4v) is 2.67. The molecule has 3 nitrogen and oxygen atoms in total. The molecule has 130 valence electrons. The Balaban J connectivity index is 0.00000264. The van der Waals surface area contributed by atoms with E-state index in [0.29, 0.717) is 24.6 Å². The minimum Gasteiger partial charge on any atom is -0.339 e. The fraction of sp³-hybridized carbons (Fsp3) is 0.562. The quantitative estimate of drug-likeness (QED) is 0.900. The molecule has 7 heteroatoms. The van der Waals surface area contributed by atoms with E-state index in [-0.39, 0.29) is 18.3 Å². The third kappa shape index (κ3) is 5.39. The first-order valence-corrected chi connectivity index (χ1v) is 7.59. The highest BCUT2D eigenvalue weighted by atomic mass is 35.5. The van der Waals surface area contributed by atoms with E-state index in [0.717, 1.165) is 38.1 Å². The van der Waals surface area contributed by atoms with Gasteiger partial charge in [-0.1, -0.05) is 6.92 Å². The molecule has 1 aromatic rings. The number of carbonyl (C=O) groups is 1. The highest BCUT2D eigenvalue weighted by Gasteiger charge is 2.30. The predicted molar refractivity (Wildman–Crippen MR) is 85.9 cm³/mol. The van der Waals surface area contributed by atoms with Crippen LogP contribution in [-0.4, -0.2) is 37.0 Å². The molecule has 1 heterocycles. The van der Waals surface area contributed by atoms with Gasteiger partial charge in [0.2, 0.25) is 0 Å². The van der Waals surface area contributed by atoms with Crippen molar-refractivity contribution in [1.82, 2.24) is 10.2 Å². The van der Waals surface area contributed by atoms with Crippen LogP contribution in [0.3, 0.4) is 0 Å². The standard InChI is InChI=1S/C16H21F3N2O.ClH/c1-2-20-11-12-7-9-21(10-8-12)15(22)13-3-5-14(6-4-13)16(17,18)19;/h3-6,12,20H,2,7-11H2,1H3;1H. The lowest BCUT2D eigenvalue weighted by atomic mass is 9.96. The summed E-state index contributed by atoms with van der Waals surface area (Å²) in [5.41, 5.74) is -0.411. The second kappa shape index (κ2) is 8.55. The smallest absolute Gasteiger partial charge is 0.339 e. The SMILES string of the molecule is CCNCC1CCN(C(=O)c2ccc(C(F)(F)F)cc2)CC1.Cl. The lowest BCUT2D eigenvalue weighted by Gasteiger charge is -2.32. The molecule has 23 heavy (non-hydrogen) atoms. The number of rotatable bonds is 4. The summed E-state index contributed by atoms with van der Waals surface area (Å²) >= 11 is 0. The van der Waals surface area contributed by atoms with Gasteiger partial charge in [0.1, 0.15) is 0 Å². The van der Waals surface area contributed by atoms with E-state index in [1.807, 2.05) is 0 Å². The van der Waals surface area contributed by atoms with Crippen molar-refractivity contribution < 1.29 is 18.0 Å². The zero-order valence-corrected chi connectivity index (χ0v) is 13.8. The summed E-state index contributed by atoms with van der Waals surface area (Å²) < 4.78 is 37.6. The topological polar surface area (TPSA) is 32.3 Å². The van der Waals surface area contributed by atoms with Crippen LogP contribution in [0.15, 0.2) is 24.3 Å². The Bertz CT molecular complexity index is 497. The summed E-state index contributed by atoms with van der Waals surface area (Å²) in [6, 6.07) is 4.45. The van der Waals surface area contributed by atoms with Crippen LogP contribution in [0.5, 0.6) is 0 Å². The van der Waals surface area contributed by atoms with Gasteiger partial charge >= 0.3 is 6.18 Å². The number of piperidine rings is 1. The second-order valence-electron chi connectivity index (χ2n) is 5.62. The maximum atomic E-state index is 12.5. The molecule has 1 amide bonds. The van der Waals surface area contributed by atoms with Gasteiger partial charge in [-0.3, -0.25) is 4.79 Å². The van der Waals surface area contributed by atoms with Crippen LogP contribution >= 0.6 is 12.4 Å². The molecule has 0 saturated carbocycles. The summed E-state index contributed by atoms with van der Waals surface area (Å²) in [7, 11) is 0. The molecular formula is C16H22ClF3N2O. The molecule has 1 aromatic carbocycles. The number of amides is 1. The molecule has 0 aromatic heterocycles. The van der Waals surface area contributed by atoms with E-state index in [4.69, 9.17) is 0 Å². The normalized spacial score (nSPS) is 16.1. The summed E-state index contributed by atoms with van der Waals surface area (Å²) in [6.07, 6.45) is -2.51. The van der Waals surface area contributed by atoms with Crippen molar-refractivity contribution in [2.45, 2.75) is 25.9 Å². The Morgan fingerprint density at radius 2 is 1.78 bits per heavy atom. The first-order chi connectivity index (χ1) is 10.4. The highest BCUT2D eigenvalue weighted by Crippen LogP contribution is 2.29. The average molecular weight is 351 g/mol. The van der Waals surface area contributed by atoms with Crippen LogP contribution in [-0.2, 0) is 6.18 Å². The van der Waals surface area contributed by atoms with Crippen molar-refractivity contribution in [2.75, 3.05) is 26.2 Å². The van der Waals surface area contributed by atoms with Gasteiger partial charge in [-0.2, -0.15) is 13.2 Å². The first-order valence-electron chi connectivity index (χ1n) is 7.59. The van der Waals surface area contributed by atoms with Gasteiger partial charge in [-0.05, 0) is 56.1 Å². The van der Waals surface area contributed by atoms with Gasteiger partial charge in [-0.25, -0.2) is 0 Å². The molecule has 0 unspecified atom stereocenters. The van der Waals surface area contributed by atoms with Crippen LogP contribution in [0.25, 0.3) is 0 Å². The van der Waals surface area contributed by atoms with Crippen molar-refractivity contribution in [3.05, 3.63) is 35.4 Å². The number of benzene rings is 1. The van der Waals surface area contributed by atoms with Gasteiger partial charge in [0.05, 0.1) is 5.56 Å². The maximum absolute atomic E-state index is 12.5. The van der Waals surface area contributed by atoms with Crippen LogP contribution in [0.1, 0.15) is 35.7 Å².